The van der Waals surface area contributed by atoms with Crippen molar-refractivity contribution in [2.24, 2.45) is 0 Å². The summed E-state index contributed by atoms with van der Waals surface area (Å²) in [5, 5.41) is 12.4. The number of nitrogens with zero attached hydrogens (tertiary/aromatic N) is 1. The maximum atomic E-state index is 12.6. The predicted molar refractivity (Wildman–Crippen MR) is 105 cm³/mol. The van der Waals surface area contributed by atoms with Crippen LogP contribution >= 0.6 is 11.6 Å². The highest BCUT2D eigenvalue weighted by molar-refractivity contribution is 6.31. The van der Waals surface area contributed by atoms with Crippen LogP contribution in [0.15, 0.2) is 35.9 Å². The monoisotopic (exact) mass is 422 g/mol. The van der Waals surface area contributed by atoms with Crippen molar-refractivity contribution < 1.29 is 27.8 Å². The van der Waals surface area contributed by atoms with E-state index in [2.05, 4.69) is 10.1 Å². The Balaban J connectivity index is 2.34. The summed E-state index contributed by atoms with van der Waals surface area (Å²) in [7, 11) is 2.72. The molecule has 0 radical (unpaired) electrons. The molecular formula is C20H17ClF2N2O4. The average Bonchev–Trinajstić information content (AvgIpc) is 2.68. The number of amides is 1. The molecule has 0 aliphatic heterocycles. The number of alkyl halides is 2. The van der Waals surface area contributed by atoms with Gasteiger partial charge < -0.3 is 19.5 Å². The smallest absolute Gasteiger partial charge is 0.387 e. The summed E-state index contributed by atoms with van der Waals surface area (Å²) in [5.74, 6) is -0.515. The van der Waals surface area contributed by atoms with Gasteiger partial charge in [-0.15, -0.1) is 0 Å². The molecule has 0 fully saturated rings. The highest BCUT2D eigenvalue weighted by atomic mass is 35.5. The molecule has 2 aromatic carbocycles. The van der Waals surface area contributed by atoms with Crippen LogP contribution in [-0.2, 0) is 4.79 Å². The van der Waals surface area contributed by atoms with E-state index in [4.69, 9.17) is 21.1 Å². The van der Waals surface area contributed by atoms with Crippen LogP contribution < -0.4 is 19.5 Å². The van der Waals surface area contributed by atoms with E-state index in [0.29, 0.717) is 27.6 Å². The number of halogens is 3. The number of anilines is 1. The maximum Gasteiger partial charge on any atom is 0.387 e. The molecule has 0 heterocycles. The van der Waals surface area contributed by atoms with Gasteiger partial charge in [-0.05, 0) is 42.3 Å². The number of nitrogens with one attached hydrogen (secondary N) is 1. The first-order valence-electron chi connectivity index (χ1n) is 8.19. The Hall–Kier alpha value is -3.31. The van der Waals surface area contributed by atoms with E-state index in [1.54, 1.807) is 25.1 Å². The second-order valence-corrected chi connectivity index (χ2v) is 6.12. The van der Waals surface area contributed by atoms with Crippen LogP contribution in [-0.4, -0.2) is 26.7 Å². The second-order valence-electron chi connectivity index (χ2n) is 5.71. The van der Waals surface area contributed by atoms with Gasteiger partial charge in [-0.2, -0.15) is 14.0 Å². The molecule has 1 amide bonds. The molecule has 0 atom stereocenters. The molecule has 152 valence electrons. The first-order valence-corrected chi connectivity index (χ1v) is 8.57. The van der Waals surface area contributed by atoms with Crippen LogP contribution in [0.5, 0.6) is 17.2 Å². The number of ether oxygens (including phenoxy) is 3. The fraction of sp³-hybridized carbons (Fsp3) is 0.200. The van der Waals surface area contributed by atoms with Crippen LogP contribution in [0, 0.1) is 18.3 Å². The van der Waals surface area contributed by atoms with Crippen LogP contribution in [0.2, 0.25) is 5.02 Å². The summed E-state index contributed by atoms with van der Waals surface area (Å²) in [5.41, 5.74) is 1.08. The highest BCUT2D eigenvalue weighted by Gasteiger charge is 2.15. The Morgan fingerprint density at radius 2 is 1.86 bits per heavy atom. The summed E-state index contributed by atoms with van der Waals surface area (Å²) < 4.78 is 39.7. The lowest BCUT2D eigenvalue weighted by Crippen LogP contribution is -2.14. The van der Waals surface area contributed by atoms with Crippen molar-refractivity contribution in [2.75, 3.05) is 19.5 Å². The lowest BCUT2D eigenvalue weighted by molar-refractivity contribution is -0.112. The fourth-order valence-corrected chi connectivity index (χ4v) is 2.56. The Kier molecular flexibility index (Phi) is 7.39. The molecule has 6 nitrogen and oxygen atoms in total. The van der Waals surface area contributed by atoms with E-state index in [1.165, 1.54) is 38.5 Å². The Morgan fingerprint density at radius 1 is 1.17 bits per heavy atom. The van der Waals surface area contributed by atoms with Crippen molar-refractivity contribution >= 4 is 29.3 Å². The molecule has 2 rings (SSSR count). The summed E-state index contributed by atoms with van der Waals surface area (Å²) in [6.07, 6.45) is 1.24. The number of carbonyl (C=O) groups is 1. The van der Waals surface area contributed by atoms with Gasteiger partial charge in [0.15, 0.2) is 11.5 Å². The van der Waals surface area contributed by atoms with Crippen molar-refractivity contribution in [1.82, 2.24) is 0 Å². The number of hydrogen-bond acceptors (Lipinski definition) is 5. The summed E-state index contributed by atoms with van der Waals surface area (Å²) in [4.78, 5) is 12.5. The molecule has 0 saturated heterocycles. The van der Waals surface area contributed by atoms with E-state index < -0.39 is 12.5 Å². The van der Waals surface area contributed by atoms with Gasteiger partial charge in [0, 0.05) is 11.1 Å². The van der Waals surface area contributed by atoms with Crippen molar-refractivity contribution in [3.8, 4) is 23.3 Å². The first-order chi connectivity index (χ1) is 13.8. The molecular weight excluding hydrogens is 406 g/mol. The third-order valence-corrected chi connectivity index (χ3v) is 4.22. The third-order valence-electron chi connectivity index (χ3n) is 3.81. The molecule has 2 aromatic rings. The number of benzene rings is 2. The zero-order valence-electron chi connectivity index (χ0n) is 15.8. The van der Waals surface area contributed by atoms with Gasteiger partial charge in [0.1, 0.15) is 17.4 Å². The van der Waals surface area contributed by atoms with Crippen LogP contribution in [0.3, 0.4) is 0 Å². The minimum absolute atomic E-state index is 0.0896. The highest BCUT2D eigenvalue weighted by Crippen LogP contribution is 2.32. The van der Waals surface area contributed by atoms with Crippen molar-refractivity contribution in [1.29, 1.82) is 5.26 Å². The minimum atomic E-state index is -3.05. The Labute approximate surface area is 171 Å². The van der Waals surface area contributed by atoms with Gasteiger partial charge in [-0.25, -0.2) is 0 Å². The normalized spacial score (nSPS) is 11.0. The third kappa shape index (κ3) is 5.59. The first kappa shape index (κ1) is 22.0. The molecule has 1 N–H and O–H groups in total. The molecule has 29 heavy (non-hydrogen) atoms. The van der Waals surface area contributed by atoms with Gasteiger partial charge in [0.05, 0.1) is 19.9 Å². The van der Waals surface area contributed by atoms with Crippen molar-refractivity contribution in [3.63, 3.8) is 0 Å². The van der Waals surface area contributed by atoms with Crippen LogP contribution in [0.1, 0.15) is 11.1 Å². The number of rotatable bonds is 7. The number of aryl methyl sites for hydroxylation is 1. The number of carbonyl (C=O) groups excluding carboxylic acids is 1. The van der Waals surface area contributed by atoms with Crippen LogP contribution in [0.4, 0.5) is 14.5 Å². The summed E-state index contributed by atoms with van der Waals surface area (Å²) in [6.45, 7) is -1.30. The van der Waals surface area contributed by atoms with Gasteiger partial charge in [-0.1, -0.05) is 17.7 Å². The molecule has 0 aliphatic carbocycles. The van der Waals surface area contributed by atoms with E-state index in [1.807, 2.05) is 0 Å². The average molecular weight is 423 g/mol. The van der Waals surface area contributed by atoms with Gasteiger partial charge in [-0.3, -0.25) is 4.79 Å². The molecule has 0 spiro atoms. The van der Waals surface area contributed by atoms with Gasteiger partial charge in [0.25, 0.3) is 5.91 Å². The fourth-order valence-electron chi connectivity index (χ4n) is 2.41. The predicted octanol–water partition coefficient (Wildman–Crippen LogP) is 4.81. The quantitative estimate of drug-likeness (QED) is 0.511. The van der Waals surface area contributed by atoms with E-state index in [-0.39, 0.29) is 17.1 Å². The lowest BCUT2D eigenvalue weighted by Gasteiger charge is -2.12. The molecule has 9 heteroatoms. The molecule has 0 unspecified atom stereocenters. The standard InChI is InChI=1S/C20H17ClF2N2O4/c1-11-6-15(17(28-3)9-14(11)21)25-19(26)13(10-24)7-12-4-5-16(27-2)18(8-12)29-20(22)23/h4-9,20H,1-3H3,(H,25,26)/b13-7+. The lowest BCUT2D eigenvalue weighted by atomic mass is 10.1. The Morgan fingerprint density at radius 3 is 2.45 bits per heavy atom. The van der Waals surface area contributed by atoms with E-state index in [9.17, 15) is 18.8 Å². The van der Waals surface area contributed by atoms with Gasteiger partial charge in [0.2, 0.25) is 0 Å². The van der Waals surface area contributed by atoms with Crippen molar-refractivity contribution in [2.45, 2.75) is 13.5 Å². The second kappa shape index (κ2) is 9.75. The summed E-state index contributed by atoms with van der Waals surface area (Å²) in [6, 6.07) is 9.06. The van der Waals surface area contributed by atoms with Gasteiger partial charge >= 0.3 is 6.61 Å². The zero-order chi connectivity index (χ0) is 21.6. The van der Waals surface area contributed by atoms with Crippen molar-refractivity contribution in [3.05, 3.63) is 52.1 Å². The Bertz CT molecular complexity index is 987. The molecule has 0 aromatic heterocycles. The van der Waals surface area contributed by atoms with E-state index in [0.717, 1.165) is 0 Å². The molecule has 0 bridgehead atoms. The molecule has 0 aliphatic rings. The SMILES string of the molecule is COc1cc(Cl)c(C)cc1NC(=O)/C(C#N)=C/c1ccc(OC)c(OC(F)F)c1. The number of hydrogen-bond donors (Lipinski definition) is 1. The summed E-state index contributed by atoms with van der Waals surface area (Å²) >= 11 is 6.04. The topological polar surface area (TPSA) is 80.6 Å². The molecule has 0 saturated carbocycles. The largest absolute Gasteiger partial charge is 0.495 e. The van der Waals surface area contributed by atoms with E-state index >= 15 is 0 Å². The maximum absolute atomic E-state index is 12.6. The zero-order valence-corrected chi connectivity index (χ0v) is 16.5. The number of nitriles is 1. The van der Waals surface area contributed by atoms with Crippen LogP contribution in [0.25, 0.3) is 6.08 Å². The minimum Gasteiger partial charge on any atom is -0.495 e. The number of methoxy groups -OCH3 is 2.